The first kappa shape index (κ1) is 19.8. The normalized spacial score (nSPS) is 23.4. The van der Waals surface area contributed by atoms with Crippen molar-refractivity contribution >= 4 is 35.1 Å². The molecule has 2 saturated heterocycles. The number of imide groups is 1. The fourth-order valence-electron chi connectivity index (χ4n) is 3.34. The van der Waals surface area contributed by atoms with Crippen molar-refractivity contribution in [2.24, 2.45) is 0 Å². The van der Waals surface area contributed by atoms with E-state index in [0.29, 0.717) is 17.9 Å². The first-order valence-electron chi connectivity index (χ1n) is 9.82. The lowest BCUT2D eigenvalue weighted by Gasteiger charge is -2.28. The highest BCUT2D eigenvalue weighted by molar-refractivity contribution is 8.18. The number of amides is 3. The molecule has 8 nitrogen and oxygen atoms in total. The standard InChI is InChI=1S/C20H23N3O5S/c24-18-16(29-20(26)23-18)10-12-4-1-8-15(27-14-6-2-7-14)17(12)28-19(25)22-13-5-3-9-21-11-13/h1,4,8,10,13-14,21H,2-3,5-7,9,11H2,(H,22,25)(H,23,24,26). The number of rotatable bonds is 5. The molecular weight excluding hydrogens is 394 g/mol. The summed E-state index contributed by atoms with van der Waals surface area (Å²) in [5.41, 5.74) is 0.506. The minimum Gasteiger partial charge on any atom is -0.486 e. The van der Waals surface area contributed by atoms with E-state index in [0.717, 1.165) is 50.4 Å². The van der Waals surface area contributed by atoms with Crippen LogP contribution in [0.15, 0.2) is 23.1 Å². The predicted molar refractivity (Wildman–Crippen MR) is 109 cm³/mol. The van der Waals surface area contributed by atoms with E-state index < -0.39 is 17.2 Å². The fourth-order valence-corrected chi connectivity index (χ4v) is 4.02. The molecule has 0 bridgehead atoms. The van der Waals surface area contributed by atoms with Gasteiger partial charge in [0.2, 0.25) is 0 Å². The van der Waals surface area contributed by atoms with Gasteiger partial charge in [-0.2, -0.15) is 0 Å². The first-order chi connectivity index (χ1) is 14.1. The molecule has 0 aromatic heterocycles. The second kappa shape index (κ2) is 8.87. The summed E-state index contributed by atoms with van der Waals surface area (Å²) in [4.78, 5) is 36.2. The molecule has 1 unspecified atom stereocenters. The van der Waals surface area contributed by atoms with E-state index in [2.05, 4.69) is 16.0 Å². The second-order valence-electron chi connectivity index (χ2n) is 7.27. The molecule has 9 heteroatoms. The molecule has 1 saturated carbocycles. The van der Waals surface area contributed by atoms with Crippen LogP contribution in [0.2, 0.25) is 0 Å². The molecule has 3 N–H and O–H groups in total. The Labute approximate surface area is 172 Å². The zero-order chi connectivity index (χ0) is 20.2. The summed E-state index contributed by atoms with van der Waals surface area (Å²) in [6, 6.07) is 5.25. The number of ether oxygens (including phenoxy) is 2. The van der Waals surface area contributed by atoms with Crippen LogP contribution in [0.3, 0.4) is 0 Å². The van der Waals surface area contributed by atoms with Gasteiger partial charge in [0.1, 0.15) is 0 Å². The lowest BCUT2D eigenvalue weighted by atomic mass is 9.96. The van der Waals surface area contributed by atoms with Crippen molar-refractivity contribution in [3.63, 3.8) is 0 Å². The average molecular weight is 417 g/mol. The third-order valence-corrected chi connectivity index (χ3v) is 5.91. The summed E-state index contributed by atoms with van der Waals surface area (Å²) < 4.78 is 11.7. The highest BCUT2D eigenvalue weighted by atomic mass is 32.2. The van der Waals surface area contributed by atoms with E-state index in [9.17, 15) is 14.4 Å². The maximum absolute atomic E-state index is 12.5. The van der Waals surface area contributed by atoms with Crippen molar-refractivity contribution in [1.82, 2.24) is 16.0 Å². The average Bonchev–Trinajstić information content (AvgIpc) is 2.98. The maximum Gasteiger partial charge on any atom is 0.413 e. The van der Waals surface area contributed by atoms with E-state index in [-0.39, 0.29) is 22.8 Å². The van der Waals surface area contributed by atoms with Gasteiger partial charge in [0, 0.05) is 18.2 Å². The quantitative estimate of drug-likeness (QED) is 0.633. The van der Waals surface area contributed by atoms with Crippen molar-refractivity contribution in [2.45, 2.75) is 44.2 Å². The molecular formula is C20H23N3O5S. The van der Waals surface area contributed by atoms with Gasteiger partial charge in [-0.25, -0.2) is 4.79 Å². The summed E-state index contributed by atoms with van der Waals surface area (Å²) in [5, 5.41) is 7.92. The number of piperidine rings is 1. The minimum atomic E-state index is -0.567. The molecule has 0 radical (unpaired) electrons. The molecule has 4 rings (SSSR count). The van der Waals surface area contributed by atoms with Crippen LogP contribution in [0.25, 0.3) is 6.08 Å². The highest BCUT2D eigenvalue weighted by Crippen LogP contribution is 2.38. The van der Waals surface area contributed by atoms with E-state index in [4.69, 9.17) is 9.47 Å². The zero-order valence-corrected chi connectivity index (χ0v) is 16.7. The zero-order valence-electron chi connectivity index (χ0n) is 15.9. The Balaban J connectivity index is 1.57. The van der Waals surface area contributed by atoms with Gasteiger partial charge in [-0.1, -0.05) is 12.1 Å². The monoisotopic (exact) mass is 417 g/mol. The van der Waals surface area contributed by atoms with Crippen molar-refractivity contribution in [3.8, 4) is 11.5 Å². The molecule has 154 valence electrons. The van der Waals surface area contributed by atoms with Crippen LogP contribution in [0.1, 0.15) is 37.7 Å². The van der Waals surface area contributed by atoms with Crippen LogP contribution in [0.4, 0.5) is 9.59 Å². The summed E-state index contributed by atoms with van der Waals surface area (Å²) in [6.07, 6.45) is 5.97. The molecule has 0 spiro atoms. The Hall–Kier alpha value is -2.52. The SMILES string of the molecule is O=C(NC1CCCNC1)Oc1c(C=C2SC(=O)NC2=O)cccc1OC1CCC1. The summed E-state index contributed by atoms with van der Waals surface area (Å²) >= 11 is 0.816. The smallest absolute Gasteiger partial charge is 0.413 e. The number of nitrogens with one attached hydrogen (secondary N) is 3. The lowest BCUT2D eigenvalue weighted by molar-refractivity contribution is -0.115. The van der Waals surface area contributed by atoms with Crippen LogP contribution in [0, 0.1) is 0 Å². The first-order valence-corrected chi connectivity index (χ1v) is 10.6. The second-order valence-corrected chi connectivity index (χ2v) is 8.29. The van der Waals surface area contributed by atoms with Gasteiger partial charge in [-0.15, -0.1) is 0 Å². The minimum absolute atomic E-state index is 0.00607. The Morgan fingerprint density at radius 2 is 2.07 bits per heavy atom. The summed E-state index contributed by atoms with van der Waals surface area (Å²) in [5.74, 6) is 0.241. The summed E-state index contributed by atoms with van der Waals surface area (Å²) in [6.45, 7) is 1.65. The Morgan fingerprint density at radius 1 is 1.21 bits per heavy atom. The van der Waals surface area contributed by atoms with Crippen LogP contribution in [-0.2, 0) is 4.79 Å². The number of carbonyl (C=O) groups is 3. The van der Waals surface area contributed by atoms with Crippen molar-refractivity contribution < 1.29 is 23.9 Å². The number of carbonyl (C=O) groups excluding carboxylic acids is 3. The number of hydrogen-bond acceptors (Lipinski definition) is 7. The molecule has 2 aliphatic heterocycles. The van der Waals surface area contributed by atoms with Crippen LogP contribution >= 0.6 is 11.8 Å². The van der Waals surface area contributed by atoms with Crippen molar-refractivity contribution in [2.75, 3.05) is 13.1 Å². The molecule has 2 heterocycles. The molecule has 1 aromatic rings. The van der Waals surface area contributed by atoms with Crippen molar-refractivity contribution in [1.29, 1.82) is 0 Å². The number of thioether (sulfide) groups is 1. The van der Waals surface area contributed by atoms with Gasteiger partial charge in [0.25, 0.3) is 11.1 Å². The van der Waals surface area contributed by atoms with Crippen LogP contribution in [0.5, 0.6) is 11.5 Å². The molecule has 1 aliphatic carbocycles. The number of hydrogen-bond donors (Lipinski definition) is 3. The molecule has 1 atom stereocenters. The predicted octanol–water partition coefficient (Wildman–Crippen LogP) is 2.78. The number of para-hydroxylation sites is 1. The topological polar surface area (TPSA) is 106 Å². The third kappa shape index (κ3) is 4.91. The van der Waals surface area contributed by atoms with Gasteiger partial charge in [0.05, 0.1) is 11.0 Å². The van der Waals surface area contributed by atoms with E-state index in [1.807, 2.05) is 0 Å². The molecule has 3 fully saturated rings. The van der Waals surface area contributed by atoms with Gasteiger partial charge >= 0.3 is 6.09 Å². The van der Waals surface area contributed by atoms with Crippen LogP contribution < -0.4 is 25.4 Å². The van der Waals surface area contributed by atoms with Gasteiger partial charge in [-0.3, -0.25) is 14.9 Å². The molecule has 29 heavy (non-hydrogen) atoms. The van der Waals surface area contributed by atoms with Gasteiger partial charge in [0.15, 0.2) is 11.5 Å². The lowest BCUT2D eigenvalue weighted by Crippen LogP contribution is -2.46. The highest BCUT2D eigenvalue weighted by Gasteiger charge is 2.27. The molecule has 3 amide bonds. The Kier molecular flexibility index (Phi) is 6.05. The number of benzene rings is 1. The van der Waals surface area contributed by atoms with E-state index in [1.54, 1.807) is 24.3 Å². The fraction of sp³-hybridized carbons (Fsp3) is 0.450. The van der Waals surface area contributed by atoms with Gasteiger partial charge in [-0.05, 0) is 62.6 Å². The maximum atomic E-state index is 12.5. The Bertz CT molecular complexity index is 847. The van der Waals surface area contributed by atoms with Crippen molar-refractivity contribution in [3.05, 3.63) is 28.7 Å². The van der Waals surface area contributed by atoms with Crippen LogP contribution in [-0.4, -0.2) is 42.5 Å². The largest absolute Gasteiger partial charge is 0.486 e. The molecule has 3 aliphatic rings. The van der Waals surface area contributed by atoms with E-state index >= 15 is 0 Å². The molecule has 1 aromatic carbocycles. The Morgan fingerprint density at radius 3 is 2.72 bits per heavy atom. The van der Waals surface area contributed by atoms with E-state index in [1.165, 1.54) is 0 Å². The summed E-state index contributed by atoms with van der Waals surface area (Å²) in [7, 11) is 0. The van der Waals surface area contributed by atoms with Gasteiger partial charge < -0.3 is 20.1 Å². The third-order valence-electron chi connectivity index (χ3n) is 5.10.